The lowest BCUT2D eigenvalue weighted by atomic mass is 10.4. The Morgan fingerprint density at radius 1 is 1.64 bits per heavy atom. The van der Waals surface area contributed by atoms with Crippen LogP contribution in [0.15, 0.2) is 12.4 Å². The number of nitrogens with zero attached hydrogens (tertiary/aromatic N) is 3. The first-order valence-corrected chi connectivity index (χ1v) is 5.31. The maximum Gasteiger partial charge on any atom is 0.0719 e. The number of nitrogens with two attached hydrogens (primary N) is 1. The molecular formula is C10H18N4. The van der Waals surface area contributed by atoms with Gasteiger partial charge in [-0.05, 0) is 19.4 Å². The van der Waals surface area contributed by atoms with Crippen LogP contribution in [0, 0.1) is 0 Å². The van der Waals surface area contributed by atoms with E-state index < -0.39 is 0 Å². The van der Waals surface area contributed by atoms with E-state index in [2.05, 4.69) is 16.9 Å². The molecule has 0 amide bonds. The average Bonchev–Trinajstić information content (AvgIpc) is 2.92. The molecule has 1 saturated carbocycles. The van der Waals surface area contributed by atoms with Gasteiger partial charge in [0.1, 0.15) is 0 Å². The van der Waals surface area contributed by atoms with E-state index in [0.717, 1.165) is 31.4 Å². The van der Waals surface area contributed by atoms with Crippen LogP contribution in [-0.2, 0) is 6.54 Å². The molecule has 0 saturated heterocycles. The lowest BCUT2D eigenvalue weighted by Gasteiger charge is -2.19. The molecule has 1 aliphatic carbocycles. The van der Waals surface area contributed by atoms with Crippen molar-refractivity contribution in [2.45, 2.75) is 32.4 Å². The first-order chi connectivity index (χ1) is 6.79. The van der Waals surface area contributed by atoms with Crippen molar-refractivity contribution in [1.82, 2.24) is 14.7 Å². The molecule has 1 aromatic rings. The summed E-state index contributed by atoms with van der Waals surface area (Å²) in [4.78, 5) is 2.51. The second-order valence-electron chi connectivity index (χ2n) is 3.90. The predicted octanol–water partition coefficient (Wildman–Crippen LogP) is 0.950. The fourth-order valence-corrected chi connectivity index (χ4v) is 1.77. The minimum absolute atomic E-state index is 0.750. The van der Waals surface area contributed by atoms with E-state index in [9.17, 15) is 0 Å². The Balaban J connectivity index is 1.80. The summed E-state index contributed by atoms with van der Waals surface area (Å²) in [7, 11) is 0. The molecule has 4 heteroatoms. The van der Waals surface area contributed by atoms with Gasteiger partial charge in [0.05, 0.1) is 18.4 Å². The third-order valence-corrected chi connectivity index (χ3v) is 2.74. The lowest BCUT2D eigenvalue weighted by molar-refractivity contribution is 0.261. The summed E-state index contributed by atoms with van der Waals surface area (Å²) >= 11 is 0. The van der Waals surface area contributed by atoms with Crippen molar-refractivity contribution in [2.24, 2.45) is 0 Å². The number of rotatable bonds is 5. The highest BCUT2D eigenvalue weighted by Crippen LogP contribution is 2.26. The van der Waals surface area contributed by atoms with Gasteiger partial charge in [-0.2, -0.15) is 5.10 Å². The third-order valence-electron chi connectivity index (χ3n) is 2.74. The monoisotopic (exact) mass is 194 g/mol. The highest BCUT2D eigenvalue weighted by Gasteiger charge is 2.27. The summed E-state index contributed by atoms with van der Waals surface area (Å²) in [6.45, 7) is 5.39. The number of nitrogen functional groups attached to an aromatic ring is 1. The highest BCUT2D eigenvalue weighted by atomic mass is 15.3. The van der Waals surface area contributed by atoms with Gasteiger partial charge in [0.25, 0.3) is 0 Å². The quantitative estimate of drug-likeness (QED) is 0.759. The second-order valence-corrected chi connectivity index (χ2v) is 3.90. The molecule has 0 aromatic carbocycles. The van der Waals surface area contributed by atoms with Crippen LogP contribution in [0.5, 0.6) is 0 Å². The summed E-state index contributed by atoms with van der Waals surface area (Å²) < 4.78 is 1.92. The highest BCUT2D eigenvalue weighted by molar-refractivity contribution is 5.30. The van der Waals surface area contributed by atoms with Gasteiger partial charge in [-0.3, -0.25) is 9.58 Å². The summed E-state index contributed by atoms with van der Waals surface area (Å²) in [6, 6.07) is 0.841. The zero-order valence-corrected chi connectivity index (χ0v) is 8.69. The molecule has 0 aliphatic heterocycles. The Morgan fingerprint density at radius 2 is 2.43 bits per heavy atom. The first-order valence-electron chi connectivity index (χ1n) is 5.31. The van der Waals surface area contributed by atoms with E-state index in [1.54, 1.807) is 6.20 Å². The molecule has 0 bridgehead atoms. The maximum absolute atomic E-state index is 5.59. The summed E-state index contributed by atoms with van der Waals surface area (Å²) in [6.07, 6.45) is 6.33. The van der Waals surface area contributed by atoms with Crippen LogP contribution >= 0.6 is 0 Å². The standard InChI is InChI=1S/C10H18N4/c1-2-13(10-3-4-10)5-6-14-8-9(11)7-12-14/h7-8,10H,2-6,11H2,1H3. The number of anilines is 1. The molecule has 1 aromatic heterocycles. The molecule has 0 unspecified atom stereocenters. The van der Waals surface area contributed by atoms with Crippen molar-refractivity contribution in [3.8, 4) is 0 Å². The van der Waals surface area contributed by atoms with Crippen molar-refractivity contribution in [3.05, 3.63) is 12.4 Å². The normalized spacial score (nSPS) is 16.4. The Hall–Kier alpha value is -1.03. The molecule has 2 N–H and O–H groups in total. The Labute approximate surface area is 84.7 Å². The molecular weight excluding hydrogens is 176 g/mol. The zero-order valence-electron chi connectivity index (χ0n) is 8.69. The fourth-order valence-electron chi connectivity index (χ4n) is 1.77. The predicted molar refractivity (Wildman–Crippen MR) is 56.9 cm³/mol. The fraction of sp³-hybridized carbons (Fsp3) is 0.700. The molecule has 0 spiro atoms. The van der Waals surface area contributed by atoms with E-state index in [1.807, 2.05) is 10.9 Å². The number of hydrogen-bond acceptors (Lipinski definition) is 3. The van der Waals surface area contributed by atoms with Crippen LogP contribution in [-0.4, -0.2) is 33.8 Å². The molecule has 0 radical (unpaired) electrons. The van der Waals surface area contributed by atoms with Crippen molar-refractivity contribution >= 4 is 5.69 Å². The molecule has 78 valence electrons. The molecule has 1 fully saturated rings. The smallest absolute Gasteiger partial charge is 0.0719 e. The van der Waals surface area contributed by atoms with Crippen LogP contribution in [0.4, 0.5) is 5.69 Å². The zero-order chi connectivity index (χ0) is 9.97. The van der Waals surface area contributed by atoms with Crippen LogP contribution in [0.1, 0.15) is 19.8 Å². The van der Waals surface area contributed by atoms with E-state index in [0.29, 0.717) is 0 Å². The van der Waals surface area contributed by atoms with E-state index >= 15 is 0 Å². The summed E-state index contributed by atoms with van der Waals surface area (Å²) in [5.41, 5.74) is 6.34. The summed E-state index contributed by atoms with van der Waals surface area (Å²) in [5, 5.41) is 4.17. The van der Waals surface area contributed by atoms with E-state index in [4.69, 9.17) is 5.73 Å². The van der Waals surface area contributed by atoms with Crippen molar-refractivity contribution in [3.63, 3.8) is 0 Å². The van der Waals surface area contributed by atoms with Gasteiger partial charge in [-0.1, -0.05) is 6.92 Å². The Morgan fingerprint density at radius 3 is 2.93 bits per heavy atom. The molecule has 4 nitrogen and oxygen atoms in total. The topological polar surface area (TPSA) is 47.1 Å². The first kappa shape index (κ1) is 9.52. The molecule has 14 heavy (non-hydrogen) atoms. The average molecular weight is 194 g/mol. The minimum Gasteiger partial charge on any atom is -0.396 e. The number of likely N-dealkylation sites (N-methyl/N-ethyl adjacent to an activating group) is 1. The van der Waals surface area contributed by atoms with Gasteiger partial charge in [0.15, 0.2) is 0 Å². The largest absolute Gasteiger partial charge is 0.396 e. The van der Waals surface area contributed by atoms with Crippen molar-refractivity contribution in [1.29, 1.82) is 0 Å². The molecule has 2 rings (SSSR count). The Kier molecular flexibility index (Phi) is 2.72. The van der Waals surface area contributed by atoms with Crippen LogP contribution in [0.2, 0.25) is 0 Å². The van der Waals surface area contributed by atoms with Crippen molar-refractivity contribution in [2.75, 3.05) is 18.8 Å². The van der Waals surface area contributed by atoms with Gasteiger partial charge < -0.3 is 5.73 Å². The third kappa shape index (κ3) is 2.26. The van der Waals surface area contributed by atoms with Gasteiger partial charge >= 0.3 is 0 Å². The SMILES string of the molecule is CCN(CCn1cc(N)cn1)C1CC1. The van der Waals surface area contributed by atoms with Crippen molar-refractivity contribution < 1.29 is 0 Å². The minimum atomic E-state index is 0.750. The lowest BCUT2D eigenvalue weighted by Crippen LogP contribution is -2.29. The number of hydrogen-bond donors (Lipinski definition) is 1. The molecule has 0 atom stereocenters. The second kappa shape index (κ2) is 4.00. The van der Waals surface area contributed by atoms with E-state index in [-0.39, 0.29) is 0 Å². The van der Waals surface area contributed by atoms with Crippen LogP contribution in [0.3, 0.4) is 0 Å². The van der Waals surface area contributed by atoms with Gasteiger partial charge in [0, 0.05) is 18.8 Å². The van der Waals surface area contributed by atoms with E-state index in [1.165, 1.54) is 12.8 Å². The van der Waals surface area contributed by atoms with Gasteiger partial charge in [0.2, 0.25) is 0 Å². The molecule has 1 aliphatic rings. The molecule has 1 heterocycles. The van der Waals surface area contributed by atoms with Crippen LogP contribution in [0.25, 0.3) is 0 Å². The van der Waals surface area contributed by atoms with Crippen LogP contribution < -0.4 is 5.73 Å². The van der Waals surface area contributed by atoms with Gasteiger partial charge in [-0.15, -0.1) is 0 Å². The number of aromatic nitrogens is 2. The maximum atomic E-state index is 5.59. The Bertz CT molecular complexity index is 290. The van der Waals surface area contributed by atoms with Gasteiger partial charge in [-0.25, -0.2) is 0 Å². The summed E-state index contributed by atoms with van der Waals surface area (Å²) in [5.74, 6) is 0.